The molecular formula is C28H31FN2O3S. The van der Waals surface area contributed by atoms with Gasteiger partial charge in [-0.25, -0.2) is 4.39 Å². The predicted molar refractivity (Wildman–Crippen MR) is 136 cm³/mol. The summed E-state index contributed by atoms with van der Waals surface area (Å²) in [4.78, 5) is 31.6. The number of thiophene rings is 1. The van der Waals surface area contributed by atoms with Gasteiger partial charge in [-0.3, -0.25) is 9.59 Å². The molecular weight excluding hydrogens is 463 g/mol. The fourth-order valence-corrected chi connectivity index (χ4v) is 5.36. The van der Waals surface area contributed by atoms with Crippen LogP contribution in [0.4, 0.5) is 4.39 Å². The summed E-state index contributed by atoms with van der Waals surface area (Å²) in [5.41, 5.74) is 2.39. The molecule has 0 aliphatic carbocycles. The van der Waals surface area contributed by atoms with Gasteiger partial charge in [-0.15, -0.1) is 11.3 Å². The molecule has 2 aromatic carbocycles. The van der Waals surface area contributed by atoms with Crippen molar-refractivity contribution in [2.24, 2.45) is 0 Å². The van der Waals surface area contributed by atoms with E-state index in [9.17, 15) is 14.0 Å². The van der Waals surface area contributed by atoms with Gasteiger partial charge in [0.15, 0.2) is 0 Å². The Morgan fingerprint density at radius 1 is 1.20 bits per heavy atom. The first-order chi connectivity index (χ1) is 16.9. The normalized spacial score (nSPS) is 15.9. The van der Waals surface area contributed by atoms with Gasteiger partial charge in [0.2, 0.25) is 5.91 Å². The van der Waals surface area contributed by atoms with Gasteiger partial charge in [-0.1, -0.05) is 31.2 Å². The number of rotatable bonds is 8. The highest BCUT2D eigenvalue weighted by Gasteiger charge is 2.34. The fraction of sp³-hybridized carbons (Fsp3) is 0.357. The van der Waals surface area contributed by atoms with Crippen molar-refractivity contribution in [2.45, 2.75) is 45.7 Å². The minimum absolute atomic E-state index is 0.0648. The maximum atomic E-state index is 13.8. The number of carbonyl (C=O) groups excluding carboxylic acids is 2. The van der Waals surface area contributed by atoms with Gasteiger partial charge in [0.05, 0.1) is 6.04 Å². The van der Waals surface area contributed by atoms with Crippen molar-refractivity contribution in [3.05, 3.63) is 87.4 Å². The largest absolute Gasteiger partial charge is 0.491 e. The molecule has 0 saturated heterocycles. The van der Waals surface area contributed by atoms with Crippen molar-refractivity contribution in [3.8, 4) is 5.75 Å². The number of nitrogens with zero attached hydrogens (tertiary/aromatic N) is 2. The molecule has 1 aromatic heterocycles. The molecule has 0 spiro atoms. The Morgan fingerprint density at radius 2 is 2.00 bits per heavy atom. The molecule has 2 atom stereocenters. The lowest BCUT2D eigenvalue weighted by molar-refractivity contribution is -0.136. The molecule has 1 aliphatic rings. The number of halogens is 1. The summed E-state index contributed by atoms with van der Waals surface area (Å²) in [7, 11) is 0. The van der Waals surface area contributed by atoms with E-state index in [1.54, 1.807) is 22.3 Å². The summed E-state index contributed by atoms with van der Waals surface area (Å²) in [5, 5.41) is 2.05. The zero-order valence-corrected chi connectivity index (χ0v) is 21.2. The van der Waals surface area contributed by atoms with Crippen molar-refractivity contribution in [3.63, 3.8) is 0 Å². The van der Waals surface area contributed by atoms with Crippen LogP contribution in [0.3, 0.4) is 0 Å². The van der Waals surface area contributed by atoms with Crippen LogP contribution in [0.2, 0.25) is 0 Å². The van der Waals surface area contributed by atoms with E-state index in [1.807, 2.05) is 49.9 Å². The van der Waals surface area contributed by atoms with E-state index < -0.39 is 5.82 Å². The summed E-state index contributed by atoms with van der Waals surface area (Å²) in [5.74, 6) is -0.149. The van der Waals surface area contributed by atoms with E-state index in [0.717, 1.165) is 23.3 Å². The molecule has 2 heterocycles. The molecule has 184 valence electrons. The number of carbonyl (C=O) groups is 2. The SMILES string of the molecule is CC[C@@H](C)N(CC(=O)N1CCc2sccc2[C@@H]1COc1ccccc1C)C(=O)c1cccc(F)c1. The lowest BCUT2D eigenvalue weighted by Gasteiger charge is -2.38. The Bertz CT molecular complexity index is 1190. The van der Waals surface area contributed by atoms with Crippen molar-refractivity contribution in [1.82, 2.24) is 9.80 Å². The van der Waals surface area contributed by atoms with Crippen LogP contribution in [0, 0.1) is 12.7 Å². The average Bonchev–Trinajstić information content (AvgIpc) is 3.35. The molecule has 7 heteroatoms. The molecule has 0 unspecified atom stereocenters. The minimum Gasteiger partial charge on any atom is -0.491 e. The van der Waals surface area contributed by atoms with Crippen LogP contribution in [0.1, 0.15) is 52.7 Å². The van der Waals surface area contributed by atoms with Gasteiger partial charge in [0.1, 0.15) is 24.7 Å². The number of hydrogen-bond donors (Lipinski definition) is 0. The van der Waals surface area contributed by atoms with Crippen LogP contribution in [0.15, 0.2) is 60.0 Å². The molecule has 2 amide bonds. The van der Waals surface area contributed by atoms with Gasteiger partial charge in [0.25, 0.3) is 5.91 Å². The number of benzene rings is 2. The Kier molecular flexibility index (Phi) is 7.86. The predicted octanol–water partition coefficient (Wildman–Crippen LogP) is 5.64. The van der Waals surface area contributed by atoms with Crippen LogP contribution in [0.25, 0.3) is 0 Å². The van der Waals surface area contributed by atoms with Gasteiger partial charge in [-0.05, 0) is 73.5 Å². The second-order valence-corrected chi connectivity index (χ2v) is 9.93. The van der Waals surface area contributed by atoms with Gasteiger partial charge in [-0.2, -0.15) is 0 Å². The number of para-hydroxylation sites is 1. The maximum absolute atomic E-state index is 13.8. The van der Waals surface area contributed by atoms with Crippen LogP contribution in [-0.2, 0) is 11.2 Å². The topological polar surface area (TPSA) is 49.9 Å². The number of aryl methyl sites for hydroxylation is 1. The Hall–Kier alpha value is -3.19. The summed E-state index contributed by atoms with van der Waals surface area (Å²) < 4.78 is 20.0. The lowest BCUT2D eigenvalue weighted by atomic mass is 10.00. The highest BCUT2D eigenvalue weighted by atomic mass is 32.1. The first kappa shape index (κ1) is 24.9. The molecule has 0 radical (unpaired) electrons. The Labute approximate surface area is 210 Å². The standard InChI is InChI=1S/C28H31FN2O3S/c1-4-20(3)31(28(33)21-9-7-10-22(29)16-21)17-27(32)30-14-12-26-23(13-15-35-26)24(30)18-34-25-11-6-5-8-19(25)2/h5-11,13,15-16,20,24H,4,12,14,17-18H2,1-3H3/t20-,24+/m1/s1. The third kappa shape index (κ3) is 5.56. The second kappa shape index (κ2) is 11.0. The summed E-state index contributed by atoms with van der Waals surface area (Å²) in [6, 6.07) is 15.1. The van der Waals surface area contributed by atoms with Crippen molar-refractivity contribution >= 4 is 23.2 Å². The summed E-state index contributed by atoms with van der Waals surface area (Å²) >= 11 is 1.70. The molecule has 5 nitrogen and oxygen atoms in total. The average molecular weight is 495 g/mol. The number of amides is 2. The van der Waals surface area contributed by atoms with E-state index in [2.05, 4.69) is 11.4 Å². The van der Waals surface area contributed by atoms with E-state index >= 15 is 0 Å². The van der Waals surface area contributed by atoms with Gasteiger partial charge in [0, 0.05) is 23.0 Å². The smallest absolute Gasteiger partial charge is 0.254 e. The first-order valence-electron chi connectivity index (χ1n) is 12.0. The molecule has 0 N–H and O–H groups in total. The first-order valence-corrected chi connectivity index (χ1v) is 12.9. The number of ether oxygens (including phenoxy) is 1. The molecule has 3 aromatic rings. The van der Waals surface area contributed by atoms with Gasteiger partial charge >= 0.3 is 0 Å². The number of fused-ring (bicyclic) bond motifs is 1. The highest BCUT2D eigenvalue weighted by Crippen LogP contribution is 2.34. The quantitative estimate of drug-likeness (QED) is 0.407. The third-order valence-electron chi connectivity index (χ3n) is 6.67. The van der Waals surface area contributed by atoms with Crippen LogP contribution in [0.5, 0.6) is 5.75 Å². The molecule has 35 heavy (non-hydrogen) atoms. The lowest BCUT2D eigenvalue weighted by Crippen LogP contribution is -2.49. The summed E-state index contributed by atoms with van der Waals surface area (Å²) in [6.45, 7) is 6.72. The van der Waals surface area contributed by atoms with Crippen LogP contribution >= 0.6 is 11.3 Å². The molecule has 0 bridgehead atoms. The molecule has 0 saturated carbocycles. The molecule has 4 rings (SSSR count). The monoisotopic (exact) mass is 494 g/mol. The van der Waals surface area contributed by atoms with Crippen LogP contribution < -0.4 is 4.74 Å². The fourth-order valence-electron chi connectivity index (χ4n) is 4.43. The maximum Gasteiger partial charge on any atom is 0.254 e. The zero-order valence-electron chi connectivity index (χ0n) is 20.4. The third-order valence-corrected chi connectivity index (χ3v) is 7.66. The van der Waals surface area contributed by atoms with E-state index in [1.165, 1.54) is 23.1 Å². The molecule has 0 fully saturated rings. The van der Waals surface area contributed by atoms with E-state index in [0.29, 0.717) is 19.6 Å². The highest BCUT2D eigenvalue weighted by molar-refractivity contribution is 7.10. The van der Waals surface area contributed by atoms with Crippen molar-refractivity contribution < 1.29 is 18.7 Å². The van der Waals surface area contributed by atoms with E-state index in [4.69, 9.17) is 4.74 Å². The number of hydrogen-bond acceptors (Lipinski definition) is 4. The zero-order chi connectivity index (χ0) is 24.9. The summed E-state index contributed by atoms with van der Waals surface area (Å²) in [6.07, 6.45) is 1.46. The van der Waals surface area contributed by atoms with Gasteiger partial charge < -0.3 is 14.5 Å². The second-order valence-electron chi connectivity index (χ2n) is 8.93. The van der Waals surface area contributed by atoms with Crippen LogP contribution in [-0.4, -0.2) is 47.4 Å². The minimum atomic E-state index is -0.472. The van der Waals surface area contributed by atoms with E-state index in [-0.39, 0.29) is 36.0 Å². The van der Waals surface area contributed by atoms with Crippen molar-refractivity contribution in [1.29, 1.82) is 0 Å². The van der Waals surface area contributed by atoms with Crippen molar-refractivity contribution in [2.75, 3.05) is 19.7 Å². The Balaban J connectivity index is 1.56. The molecule has 1 aliphatic heterocycles. The Morgan fingerprint density at radius 3 is 2.74 bits per heavy atom.